The average molecular weight is 254 g/mol. The van der Waals surface area contributed by atoms with Crippen LogP contribution >= 0.6 is 0 Å². The van der Waals surface area contributed by atoms with Crippen LogP contribution < -0.4 is 0 Å². The molecule has 0 aliphatic heterocycles. The van der Waals surface area contributed by atoms with Gasteiger partial charge in [0.15, 0.2) is 0 Å². The number of aliphatic carboxylic acids is 1. The van der Waals surface area contributed by atoms with E-state index in [1.807, 2.05) is 6.08 Å². The molecular weight excluding hydrogens is 224 g/mol. The molecule has 0 amide bonds. The summed E-state index contributed by atoms with van der Waals surface area (Å²) in [4.78, 5) is 10.4. The summed E-state index contributed by atoms with van der Waals surface area (Å²) in [6, 6.07) is 0. The highest BCUT2D eigenvalue weighted by Crippen LogP contribution is 2.29. The minimum Gasteiger partial charge on any atom is -0.478 e. The third kappa shape index (κ3) is 7.31. The van der Waals surface area contributed by atoms with Crippen molar-refractivity contribution in [3.8, 4) is 0 Å². The van der Waals surface area contributed by atoms with Gasteiger partial charge in [0.2, 0.25) is 0 Å². The fourth-order valence-corrected chi connectivity index (χ4v) is 2.40. The molecule has 0 heterocycles. The zero-order chi connectivity index (χ0) is 11.8. The number of carboxylic acid groups (broad SMARTS) is 1. The lowest BCUT2D eigenvalue weighted by Gasteiger charge is -2.21. The van der Waals surface area contributed by atoms with Crippen LogP contribution in [0.15, 0.2) is 23.8 Å². The highest BCUT2D eigenvalue weighted by Gasteiger charge is 2.13. The summed E-state index contributed by atoms with van der Waals surface area (Å²) in [5.74, 6) is -0.200. The minimum atomic E-state index is -0.865. The van der Waals surface area contributed by atoms with Gasteiger partial charge in [-0.15, -0.1) is 0 Å². The van der Waals surface area contributed by atoms with E-state index in [1.54, 1.807) is 6.08 Å². The molecule has 1 N–H and O–H groups in total. The van der Waals surface area contributed by atoms with E-state index in [9.17, 15) is 4.79 Å². The van der Waals surface area contributed by atoms with E-state index in [1.165, 1.54) is 50.2 Å². The van der Waals surface area contributed by atoms with Gasteiger partial charge in [-0.1, -0.05) is 58.8 Å². The van der Waals surface area contributed by atoms with Crippen LogP contribution in [0.3, 0.4) is 0 Å². The molecule has 1 aliphatic carbocycles. The molecular formula is C16H30O2. The van der Waals surface area contributed by atoms with Crippen molar-refractivity contribution in [2.24, 2.45) is 5.92 Å². The zero-order valence-electron chi connectivity index (χ0n) is 10.1. The van der Waals surface area contributed by atoms with E-state index in [0.29, 0.717) is 5.92 Å². The standard InChI is InChI=1S/C14H22O2.2CH4/c1-2-12-8-5-3-4-6-9-13(12)10-7-11-14(15)16;;/h7,10-12H,2-6,8-9H2,1H3,(H,15,16);2*1H4. The Morgan fingerprint density at radius 2 is 1.94 bits per heavy atom. The Morgan fingerprint density at radius 3 is 2.56 bits per heavy atom. The summed E-state index contributed by atoms with van der Waals surface area (Å²) in [7, 11) is 0. The molecule has 1 unspecified atom stereocenters. The largest absolute Gasteiger partial charge is 0.478 e. The van der Waals surface area contributed by atoms with E-state index in [0.717, 1.165) is 6.42 Å². The maximum absolute atomic E-state index is 10.4. The van der Waals surface area contributed by atoms with Crippen LogP contribution in [0.2, 0.25) is 0 Å². The topological polar surface area (TPSA) is 37.3 Å². The third-order valence-electron chi connectivity index (χ3n) is 3.33. The van der Waals surface area contributed by atoms with E-state index in [4.69, 9.17) is 5.11 Å². The number of allylic oxidation sites excluding steroid dienone is 3. The molecule has 0 aromatic heterocycles. The number of rotatable bonds is 3. The lowest BCUT2D eigenvalue weighted by atomic mass is 9.84. The zero-order valence-corrected chi connectivity index (χ0v) is 10.1. The number of carboxylic acids is 1. The fraction of sp³-hybridized carbons (Fsp3) is 0.688. The van der Waals surface area contributed by atoms with Crippen LogP contribution in [0, 0.1) is 5.92 Å². The number of carbonyl (C=O) groups is 1. The lowest BCUT2D eigenvalue weighted by molar-refractivity contribution is -0.131. The summed E-state index contributed by atoms with van der Waals surface area (Å²) in [6.45, 7) is 2.22. The molecule has 0 aromatic rings. The summed E-state index contributed by atoms with van der Waals surface area (Å²) >= 11 is 0. The van der Waals surface area contributed by atoms with Crippen molar-refractivity contribution < 1.29 is 9.90 Å². The molecule has 0 aromatic carbocycles. The molecule has 106 valence electrons. The predicted octanol–water partition coefficient (Wildman–Crippen LogP) is 5.21. The average Bonchev–Trinajstić information content (AvgIpc) is 2.21. The molecule has 1 fully saturated rings. The van der Waals surface area contributed by atoms with Gasteiger partial charge in [0, 0.05) is 6.08 Å². The summed E-state index contributed by atoms with van der Waals surface area (Å²) in [6.07, 6.45) is 13.7. The lowest BCUT2D eigenvalue weighted by Crippen LogP contribution is -2.06. The summed E-state index contributed by atoms with van der Waals surface area (Å²) in [5.41, 5.74) is 1.44. The van der Waals surface area contributed by atoms with Crippen LogP contribution in [0.5, 0.6) is 0 Å². The van der Waals surface area contributed by atoms with Crippen molar-refractivity contribution >= 4 is 5.97 Å². The van der Waals surface area contributed by atoms with Gasteiger partial charge >= 0.3 is 5.97 Å². The Labute approximate surface area is 113 Å². The molecule has 1 aliphatic rings. The first-order chi connectivity index (χ1) is 7.74. The maximum Gasteiger partial charge on any atom is 0.328 e. The van der Waals surface area contributed by atoms with Gasteiger partial charge in [-0.3, -0.25) is 0 Å². The molecule has 1 saturated carbocycles. The SMILES string of the molecule is C.C.CCC1CCCCCCC1=CC=CC(=O)O. The van der Waals surface area contributed by atoms with Gasteiger partial charge in [0.1, 0.15) is 0 Å². The van der Waals surface area contributed by atoms with Crippen molar-refractivity contribution in [3.63, 3.8) is 0 Å². The highest BCUT2D eigenvalue weighted by molar-refractivity contribution is 5.80. The van der Waals surface area contributed by atoms with Crippen molar-refractivity contribution in [3.05, 3.63) is 23.8 Å². The predicted molar refractivity (Wildman–Crippen MR) is 79.8 cm³/mol. The molecule has 18 heavy (non-hydrogen) atoms. The first-order valence-corrected chi connectivity index (χ1v) is 6.34. The van der Waals surface area contributed by atoms with Crippen LogP contribution in [0.4, 0.5) is 0 Å². The van der Waals surface area contributed by atoms with E-state index in [2.05, 4.69) is 6.92 Å². The number of hydrogen-bond acceptors (Lipinski definition) is 1. The molecule has 1 rings (SSSR count). The normalized spacial score (nSPS) is 22.7. The number of hydrogen-bond donors (Lipinski definition) is 1. The van der Waals surface area contributed by atoms with Crippen LogP contribution in [-0.4, -0.2) is 11.1 Å². The molecule has 1 atom stereocenters. The molecule has 0 saturated heterocycles. The summed E-state index contributed by atoms with van der Waals surface area (Å²) < 4.78 is 0. The van der Waals surface area contributed by atoms with Gasteiger partial charge in [-0.25, -0.2) is 4.79 Å². The maximum atomic E-state index is 10.4. The van der Waals surface area contributed by atoms with Gasteiger partial charge in [-0.2, -0.15) is 0 Å². The van der Waals surface area contributed by atoms with Gasteiger partial charge in [0.05, 0.1) is 0 Å². The Morgan fingerprint density at radius 1 is 1.28 bits per heavy atom. The van der Waals surface area contributed by atoms with E-state index < -0.39 is 5.97 Å². The molecule has 2 nitrogen and oxygen atoms in total. The van der Waals surface area contributed by atoms with Crippen molar-refractivity contribution in [2.45, 2.75) is 66.7 Å². The molecule has 0 bridgehead atoms. The quantitative estimate of drug-likeness (QED) is 0.702. The minimum absolute atomic E-state index is 0. The second-order valence-corrected chi connectivity index (χ2v) is 4.50. The Balaban J connectivity index is 0. The van der Waals surface area contributed by atoms with E-state index >= 15 is 0 Å². The smallest absolute Gasteiger partial charge is 0.328 e. The second-order valence-electron chi connectivity index (χ2n) is 4.50. The summed E-state index contributed by atoms with van der Waals surface area (Å²) in [5, 5.41) is 8.55. The fourth-order valence-electron chi connectivity index (χ4n) is 2.40. The molecule has 0 spiro atoms. The second kappa shape index (κ2) is 11.1. The van der Waals surface area contributed by atoms with Crippen molar-refractivity contribution in [1.82, 2.24) is 0 Å². The molecule has 0 radical (unpaired) electrons. The van der Waals surface area contributed by atoms with Crippen LogP contribution in [0.25, 0.3) is 0 Å². The highest BCUT2D eigenvalue weighted by atomic mass is 16.4. The van der Waals surface area contributed by atoms with Crippen LogP contribution in [0.1, 0.15) is 66.7 Å². The first kappa shape index (κ1) is 19.3. The Bertz CT molecular complexity index is 277. The van der Waals surface area contributed by atoms with Crippen molar-refractivity contribution in [2.75, 3.05) is 0 Å². The Kier molecular flexibility index (Phi) is 11.9. The van der Waals surface area contributed by atoms with E-state index in [-0.39, 0.29) is 14.9 Å². The van der Waals surface area contributed by atoms with Crippen LogP contribution in [-0.2, 0) is 4.79 Å². The van der Waals surface area contributed by atoms with Gasteiger partial charge in [-0.05, 0) is 31.6 Å². The third-order valence-corrected chi connectivity index (χ3v) is 3.33. The van der Waals surface area contributed by atoms with Gasteiger partial charge in [0.25, 0.3) is 0 Å². The molecule has 2 heteroatoms. The van der Waals surface area contributed by atoms with Crippen molar-refractivity contribution in [1.29, 1.82) is 0 Å². The monoisotopic (exact) mass is 254 g/mol. The van der Waals surface area contributed by atoms with Gasteiger partial charge < -0.3 is 5.11 Å². The first-order valence-electron chi connectivity index (χ1n) is 6.34. The Hall–Kier alpha value is -1.05.